The molecule has 2 rings (SSSR count). The minimum Gasteiger partial charge on any atom is -0.377 e. The Morgan fingerprint density at radius 3 is 2.67 bits per heavy atom. The van der Waals surface area contributed by atoms with E-state index in [2.05, 4.69) is 0 Å². The molecule has 3 heteroatoms. The highest BCUT2D eigenvalue weighted by Crippen LogP contribution is 2.27. The zero-order valence-corrected chi connectivity index (χ0v) is 10.1. The summed E-state index contributed by atoms with van der Waals surface area (Å²) in [6, 6.07) is 0. The molecule has 1 atom stereocenters. The van der Waals surface area contributed by atoms with Crippen LogP contribution >= 0.6 is 11.8 Å². The lowest BCUT2D eigenvalue weighted by molar-refractivity contribution is -0.120. The van der Waals surface area contributed by atoms with Crippen LogP contribution in [0.5, 0.6) is 0 Å². The summed E-state index contributed by atoms with van der Waals surface area (Å²) >= 11 is 1.77. The van der Waals surface area contributed by atoms with Crippen molar-refractivity contribution in [3.8, 4) is 0 Å². The van der Waals surface area contributed by atoms with Gasteiger partial charge in [-0.2, -0.15) is 11.8 Å². The predicted octanol–water partition coefficient (Wildman–Crippen LogP) is 2.66. The van der Waals surface area contributed by atoms with Crippen molar-refractivity contribution in [1.29, 1.82) is 0 Å². The summed E-state index contributed by atoms with van der Waals surface area (Å²) in [6.45, 7) is 0.918. The maximum Gasteiger partial charge on any atom is 0.145 e. The standard InChI is InChI=1S/C12H20O2S/c13-12(10-4-1-2-5-10)9-15-8-11-6-3-7-14-11/h10-11H,1-9H2. The van der Waals surface area contributed by atoms with Crippen LogP contribution in [0.1, 0.15) is 38.5 Å². The van der Waals surface area contributed by atoms with Crippen LogP contribution in [0, 0.1) is 5.92 Å². The zero-order valence-electron chi connectivity index (χ0n) is 9.24. The van der Waals surface area contributed by atoms with Gasteiger partial charge in [0.15, 0.2) is 0 Å². The van der Waals surface area contributed by atoms with Crippen LogP contribution in [-0.2, 0) is 9.53 Å². The average Bonchev–Trinajstić information content (AvgIpc) is 2.90. The zero-order chi connectivity index (χ0) is 10.5. The summed E-state index contributed by atoms with van der Waals surface area (Å²) in [4.78, 5) is 11.8. The van der Waals surface area contributed by atoms with Gasteiger partial charge in [0.2, 0.25) is 0 Å². The number of hydrogen-bond acceptors (Lipinski definition) is 3. The Morgan fingerprint density at radius 2 is 2.00 bits per heavy atom. The first-order valence-corrected chi connectivity index (χ1v) is 7.24. The molecular formula is C12H20O2S. The highest BCUT2D eigenvalue weighted by molar-refractivity contribution is 8.00. The number of carbonyl (C=O) groups is 1. The second kappa shape index (κ2) is 5.90. The van der Waals surface area contributed by atoms with Crippen molar-refractivity contribution < 1.29 is 9.53 Å². The van der Waals surface area contributed by atoms with Gasteiger partial charge >= 0.3 is 0 Å². The van der Waals surface area contributed by atoms with Crippen LogP contribution in [-0.4, -0.2) is 30.0 Å². The fourth-order valence-corrected chi connectivity index (χ4v) is 3.51. The predicted molar refractivity (Wildman–Crippen MR) is 63.3 cm³/mol. The molecule has 1 aliphatic heterocycles. The third-order valence-electron chi connectivity index (χ3n) is 3.38. The van der Waals surface area contributed by atoms with E-state index >= 15 is 0 Å². The van der Waals surface area contributed by atoms with E-state index < -0.39 is 0 Å². The Hall–Kier alpha value is -0.0200. The summed E-state index contributed by atoms with van der Waals surface area (Å²) < 4.78 is 5.53. The molecule has 0 amide bonds. The van der Waals surface area contributed by atoms with E-state index in [9.17, 15) is 4.79 Å². The van der Waals surface area contributed by atoms with Gasteiger partial charge in [-0.3, -0.25) is 4.79 Å². The topological polar surface area (TPSA) is 26.3 Å². The van der Waals surface area contributed by atoms with E-state index in [4.69, 9.17) is 4.74 Å². The first-order chi connectivity index (χ1) is 7.36. The molecule has 1 aliphatic carbocycles. The van der Waals surface area contributed by atoms with Crippen molar-refractivity contribution in [3.05, 3.63) is 0 Å². The molecule has 1 saturated carbocycles. The molecule has 0 aromatic heterocycles. The Kier molecular flexibility index (Phi) is 4.51. The van der Waals surface area contributed by atoms with Gasteiger partial charge < -0.3 is 4.74 Å². The fourth-order valence-electron chi connectivity index (χ4n) is 2.43. The normalized spacial score (nSPS) is 27.3. The molecule has 0 spiro atoms. The van der Waals surface area contributed by atoms with Crippen LogP contribution in [0.4, 0.5) is 0 Å². The van der Waals surface area contributed by atoms with Crippen molar-refractivity contribution >= 4 is 17.5 Å². The lowest BCUT2D eigenvalue weighted by Gasteiger charge is -2.10. The minimum atomic E-state index is 0.391. The number of rotatable bonds is 5. The lowest BCUT2D eigenvalue weighted by atomic mass is 10.0. The van der Waals surface area contributed by atoms with Gasteiger partial charge in [0, 0.05) is 18.3 Å². The molecule has 0 aromatic carbocycles. The molecule has 15 heavy (non-hydrogen) atoms. The molecule has 1 unspecified atom stereocenters. The third kappa shape index (κ3) is 3.49. The Bertz CT molecular complexity index is 206. The van der Waals surface area contributed by atoms with Gasteiger partial charge in [0.25, 0.3) is 0 Å². The fraction of sp³-hybridized carbons (Fsp3) is 0.917. The van der Waals surface area contributed by atoms with Crippen molar-refractivity contribution in [2.24, 2.45) is 5.92 Å². The van der Waals surface area contributed by atoms with Crippen molar-refractivity contribution in [2.75, 3.05) is 18.1 Å². The van der Waals surface area contributed by atoms with E-state index in [0.29, 0.717) is 23.6 Å². The van der Waals surface area contributed by atoms with E-state index in [-0.39, 0.29) is 0 Å². The quantitative estimate of drug-likeness (QED) is 0.723. The smallest absolute Gasteiger partial charge is 0.145 e. The summed E-state index contributed by atoms with van der Waals surface area (Å²) in [6.07, 6.45) is 7.59. The molecule has 0 aromatic rings. The number of ketones is 1. The lowest BCUT2D eigenvalue weighted by Crippen LogP contribution is -2.15. The van der Waals surface area contributed by atoms with E-state index in [1.807, 2.05) is 0 Å². The molecule has 0 N–H and O–H groups in total. The first-order valence-electron chi connectivity index (χ1n) is 6.08. The van der Waals surface area contributed by atoms with E-state index in [0.717, 1.165) is 25.2 Å². The molecular weight excluding hydrogens is 208 g/mol. The second-order valence-corrected chi connectivity index (χ2v) is 5.63. The van der Waals surface area contributed by atoms with E-state index in [1.165, 1.54) is 25.7 Å². The number of thioether (sulfide) groups is 1. The van der Waals surface area contributed by atoms with Crippen LogP contribution in [0.15, 0.2) is 0 Å². The number of Topliss-reactive ketones (excluding diaryl/α,β-unsaturated/α-hetero) is 1. The molecule has 1 heterocycles. The van der Waals surface area contributed by atoms with Gasteiger partial charge in [-0.25, -0.2) is 0 Å². The van der Waals surface area contributed by atoms with Crippen molar-refractivity contribution in [1.82, 2.24) is 0 Å². The van der Waals surface area contributed by atoms with Gasteiger partial charge in [0.1, 0.15) is 5.78 Å². The molecule has 2 nitrogen and oxygen atoms in total. The summed E-state index contributed by atoms with van der Waals surface area (Å²) in [5.41, 5.74) is 0. The Balaban J connectivity index is 1.58. The Labute approximate surface area is 96.1 Å². The summed E-state index contributed by atoms with van der Waals surface area (Å²) in [5.74, 6) is 2.60. The van der Waals surface area contributed by atoms with Gasteiger partial charge in [-0.05, 0) is 25.7 Å². The molecule has 86 valence electrons. The summed E-state index contributed by atoms with van der Waals surface area (Å²) in [7, 11) is 0. The second-order valence-electron chi connectivity index (χ2n) is 4.60. The van der Waals surface area contributed by atoms with Crippen LogP contribution in [0.2, 0.25) is 0 Å². The maximum absolute atomic E-state index is 11.8. The highest BCUT2D eigenvalue weighted by Gasteiger charge is 2.23. The van der Waals surface area contributed by atoms with Crippen LogP contribution in [0.3, 0.4) is 0 Å². The first kappa shape index (κ1) is 11.5. The van der Waals surface area contributed by atoms with Crippen molar-refractivity contribution in [3.63, 3.8) is 0 Å². The van der Waals surface area contributed by atoms with E-state index in [1.54, 1.807) is 11.8 Å². The van der Waals surface area contributed by atoms with Crippen LogP contribution < -0.4 is 0 Å². The number of ether oxygens (including phenoxy) is 1. The van der Waals surface area contributed by atoms with Gasteiger partial charge in [-0.1, -0.05) is 12.8 Å². The minimum absolute atomic E-state index is 0.391. The number of carbonyl (C=O) groups excluding carboxylic acids is 1. The molecule has 0 radical (unpaired) electrons. The maximum atomic E-state index is 11.8. The highest BCUT2D eigenvalue weighted by atomic mass is 32.2. The number of hydrogen-bond donors (Lipinski definition) is 0. The molecule has 2 fully saturated rings. The Morgan fingerprint density at radius 1 is 1.20 bits per heavy atom. The monoisotopic (exact) mass is 228 g/mol. The molecule has 2 aliphatic rings. The SMILES string of the molecule is O=C(CSCC1CCCO1)C1CCCC1. The molecule has 1 saturated heterocycles. The van der Waals surface area contributed by atoms with Gasteiger partial charge in [0.05, 0.1) is 11.9 Å². The third-order valence-corrected chi connectivity index (χ3v) is 4.48. The average molecular weight is 228 g/mol. The molecule has 0 bridgehead atoms. The summed E-state index contributed by atoms with van der Waals surface area (Å²) in [5, 5.41) is 0. The van der Waals surface area contributed by atoms with Crippen molar-refractivity contribution in [2.45, 2.75) is 44.6 Å². The largest absolute Gasteiger partial charge is 0.377 e. The van der Waals surface area contributed by atoms with Gasteiger partial charge in [-0.15, -0.1) is 0 Å². The van der Waals surface area contributed by atoms with Crippen LogP contribution in [0.25, 0.3) is 0 Å².